The highest BCUT2D eigenvalue weighted by Gasteiger charge is 2.39. The third kappa shape index (κ3) is 2.65. The largest absolute Gasteiger partial charge is 0.374 e. The molecule has 22 heavy (non-hydrogen) atoms. The number of rotatable bonds is 2. The minimum Gasteiger partial charge on any atom is -0.374 e. The van der Waals surface area contributed by atoms with Crippen molar-refractivity contribution in [2.24, 2.45) is 0 Å². The SMILES string of the molecule is CCc1ncnc(N2CCC3OCCN(C(C)=O)C3C2)c1F. The Kier molecular flexibility index (Phi) is 4.24. The van der Waals surface area contributed by atoms with E-state index in [2.05, 4.69) is 9.97 Å². The summed E-state index contributed by atoms with van der Waals surface area (Å²) in [5.74, 6) is 0.0199. The van der Waals surface area contributed by atoms with Gasteiger partial charge in [-0.25, -0.2) is 14.4 Å². The normalized spacial score (nSPS) is 25.0. The Bertz CT molecular complexity index is 568. The van der Waals surface area contributed by atoms with Crippen molar-refractivity contribution in [1.29, 1.82) is 0 Å². The van der Waals surface area contributed by atoms with Gasteiger partial charge in [0.25, 0.3) is 0 Å². The second-order valence-electron chi connectivity index (χ2n) is 5.74. The van der Waals surface area contributed by atoms with Gasteiger partial charge in [-0.15, -0.1) is 0 Å². The van der Waals surface area contributed by atoms with Crippen molar-refractivity contribution >= 4 is 11.7 Å². The van der Waals surface area contributed by atoms with E-state index in [1.54, 1.807) is 6.92 Å². The fourth-order valence-electron chi connectivity index (χ4n) is 3.32. The molecule has 0 aliphatic carbocycles. The predicted molar refractivity (Wildman–Crippen MR) is 79.1 cm³/mol. The molecule has 2 aliphatic rings. The molecule has 120 valence electrons. The molecule has 0 radical (unpaired) electrons. The van der Waals surface area contributed by atoms with Gasteiger partial charge in [-0.05, 0) is 12.8 Å². The second-order valence-corrected chi connectivity index (χ2v) is 5.74. The van der Waals surface area contributed by atoms with Gasteiger partial charge in [0.15, 0.2) is 11.6 Å². The van der Waals surface area contributed by atoms with Gasteiger partial charge in [0.1, 0.15) is 6.33 Å². The molecule has 0 saturated carbocycles. The zero-order valence-corrected chi connectivity index (χ0v) is 13.0. The van der Waals surface area contributed by atoms with Gasteiger partial charge >= 0.3 is 0 Å². The summed E-state index contributed by atoms with van der Waals surface area (Å²) in [6.45, 7) is 5.82. The van der Waals surface area contributed by atoms with Gasteiger partial charge in [-0.3, -0.25) is 4.79 Å². The van der Waals surface area contributed by atoms with E-state index >= 15 is 0 Å². The molecule has 2 aliphatic heterocycles. The van der Waals surface area contributed by atoms with Gasteiger partial charge in [-0.2, -0.15) is 0 Å². The molecular weight excluding hydrogens is 287 g/mol. The molecule has 2 atom stereocenters. The van der Waals surface area contributed by atoms with Gasteiger partial charge in [-0.1, -0.05) is 6.92 Å². The fourth-order valence-corrected chi connectivity index (χ4v) is 3.32. The van der Waals surface area contributed by atoms with E-state index in [1.165, 1.54) is 6.33 Å². The first kappa shape index (κ1) is 15.1. The minimum absolute atomic E-state index is 0.0319. The maximum Gasteiger partial charge on any atom is 0.219 e. The molecule has 1 amide bonds. The van der Waals surface area contributed by atoms with E-state index in [4.69, 9.17) is 4.74 Å². The highest BCUT2D eigenvalue weighted by Crippen LogP contribution is 2.27. The van der Waals surface area contributed by atoms with Gasteiger partial charge in [0, 0.05) is 26.6 Å². The van der Waals surface area contributed by atoms with E-state index in [1.807, 2.05) is 16.7 Å². The van der Waals surface area contributed by atoms with Crippen LogP contribution in [0.5, 0.6) is 0 Å². The van der Waals surface area contributed by atoms with Crippen LogP contribution in [0.2, 0.25) is 0 Å². The number of aryl methyl sites for hydroxylation is 1. The average Bonchev–Trinajstić information content (AvgIpc) is 2.54. The molecular formula is C15H21FN4O2. The van der Waals surface area contributed by atoms with E-state index in [0.717, 1.165) is 6.42 Å². The van der Waals surface area contributed by atoms with E-state index in [-0.39, 0.29) is 23.9 Å². The first-order valence-corrected chi connectivity index (χ1v) is 7.75. The van der Waals surface area contributed by atoms with Gasteiger partial charge in [0.2, 0.25) is 5.91 Å². The molecule has 2 fully saturated rings. The van der Waals surface area contributed by atoms with Crippen molar-refractivity contribution in [1.82, 2.24) is 14.9 Å². The number of morpholine rings is 1. The minimum atomic E-state index is -0.352. The van der Waals surface area contributed by atoms with Crippen molar-refractivity contribution in [3.63, 3.8) is 0 Å². The maximum absolute atomic E-state index is 14.5. The Hall–Kier alpha value is -1.76. The molecule has 1 aromatic rings. The standard InChI is InChI=1S/C15H21FN4O2/c1-3-11-14(16)15(18-9-17-11)19-5-4-13-12(8-19)20(10(2)21)6-7-22-13/h9,12-13H,3-8H2,1-2H3. The third-order valence-corrected chi connectivity index (χ3v) is 4.47. The molecule has 3 heterocycles. The number of hydrogen-bond donors (Lipinski definition) is 0. The van der Waals surface area contributed by atoms with Crippen LogP contribution in [0.25, 0.3) is 0 Å². The number of amides is 1. The van der Waals surface area contributed by atoms with Crippen LogP contribution in [0.3, 0.4) is 0 Å². The summed E-state index contributed by atoms with van der Waals surface area (Å²) in [7, 11) is 0. The molecule has 6 nitrogen and oxygen atoms in total. The lowest BCUT2D eigenvalue weighted by Gasteiger charge is -2.47. The molecule has 0 bridgehead atoms. The molecule has 1 aromatic heterocycles. The first-order chi connectivity index (χ1) is 10.6. The van der Waals surface area contributed by atoms with E-state index in [9.17, 15) is 9.18 Å². The summed E-state index contributed by atoms with van der Waals surface area (Å²) in [4.78, 5) is 23.6. The molecule has 7 heteroatoms. The number of ether oxygens (including phenoxy) is 1. The van der Waals surface area contributed by atoms with Crippen LogP contribution in [-0.4, -0.2) is 59.2 Å². The van der Waals surface area contributed by atoms with E-state index in [0.29, 0.717) is 44.2 Å². The summed E-state index contributed by atoms with van der Waals surface area (Å²) in [6.07, 6.45) is 2.73. The van der Waals surface area contributed by atoms with Gasteiger partial charge in [0.05, 0.1) is 24.4 Å². The van der Waals surface area contributed by atoms with Crippen LogP contribution < -0.4 is 4.90 Å². The van der Waals surface area contributed by atoms with Crippen molar-refractivity contribution in [2.45, 2.75) is 38.8 Å². The zero-order chi connectivity index (χ0) is 15.7. The number of hydrogen-bond acceptors (Lipinski definition) is 5. The van der Waals surface area contributed by atoms with Crippen LogP contribution in [-0.2, 0) is 16.0 Å². The third-order valence-electron chi connectivity index (χ3n) is 4.47. The summed E-state index contributed by atoms with van der Waals surface area (Å²) in [5.41, 5.74) is 0.426. The number of carbonyl (C=O) groups is 1. The predicted octanol–water partition coefficient (Wildman–Crippen LogP) is 1.00. The van der Waals surface area contributed by atoms with Crippen LogP contribution in [0.4, 0.5) is 10.2 Å². The fraction of sp³-hybridized carbons (Fsp3) is 0.667. The van der Waals surface area contributed by atoms with Crippen LogP contribution in [0, 0.1) is 5.82 Å². The molecule has 0 N–H and O–H groups in total. The summed E-state index contributed by atoms with van der Waals surface area (Å²) in [6, 6.07) is -0.0422. The number of fused-ring (bicyclic) bond motifs is 1. The molecule has 0 aromatic carbocycles. The Balaban J connectivity index is 1.84. The second kappa shape index (κ2) is 6.16. The number of aromatic nitrogens is 2. The van der Waals surface area contributed by atoms with Crippen LogP contribution >= 0.6 is 0 Å². The van der Waals surface area contributed by atoms with Crippen LogP contribution in [0.1, 0.15) is 26.0 Å². The van der Waals surface area contributed by atoms with Crippen molar-refractivity contribution in [3.05, 3.63) is 17.8 Å². The number of halogens is 1. The summed E-state index contributed by atoms with van der Waals surface area (Å²) < 4.78 is 20.2. The van der Waals surface area contributed by atoms with Gasteiger partial charge < -0.3 is 14.5 Å². The molecule has 0 spiro atoms. The number of anilines is 1. The molecule has 3 rings (SSSR count). The highest BCUT2D eigenvalue weighted by molar-refractivity contribution is 5.74. The molecule has 2 saturated heterocycles. The monoisotopic (exact) mass is 308 g/mol. The Morgan fingerprint density at radius 3 is 3.00 bits per heavy atom. The average molecular weight is 308 g/mol. The Morgan fingerprint density at radius 2 is 2.27 bits per heavy atom. The summed E-state index contributed by atoms with van der Waals surface area (Å²) in [5, 5.41) is 0. The quantitative estimate of drug-likeness (QED) is 0.816. The number of carbonyl (C=O) groups excluding carboxylic acids is 1. The summed E-state index contributed by atoms with van der Waals surface area (Å²) >= 11 is 0. The topological polar surface area (TPSA) is 58.6 Å². The smallest absolute Gasteiger partial charge is 0.219 e. The highest BCUT2D eigenvalue weighted by atomic mass is 19.1. The lowest BCUT2D eigenvalue weighted by atomic mass is 9.98. The first-order valence-electron chi connectivity index (χ1n) is 7.75. The molecule has 2 unspecified atom stereocenters. The number of nitrogens with zero attached hydrogens (tertiary/aromatic N) is 4. The lowest BCUT2D eigenvalue weighted by molar-refractivity contribution is -0.145. The Labute approximate surface area is 129 Å². The zero-order valence-electron chi connectivity index (χ0n) is 13.0. The van der Waals surface area contributed by atoms with Crippen LogP contribution in [0.15, 0.2) is 6.33 Å². The Morgan fingerprint density at radius 1 is 1.45 bits per heavy atom. The van der Waals surface area contributed by atoms with Crippen molar-refractivity contribution in [3.8, 4) is 0 Å². The lowest BCUT2D eigenvalue weighted by Crippen LogP contribution is -2.61. The van der Waals surface area contributed by atoms with Crippen molar-refractivity contribution < 1.29 is 13.9 Å². The number of piperidine rings is 1. The maximum atomic E-state index is 14.5. The van der Waals surface area contributed by atoms with Crippen molar-refractivity contribution in [2.75, 3.05) is 31.1 Å². The van der Waals surface area contributed by atoms with E-state index < -0.39 is 0 Å².